The second-order valence-electron chi connectivity index (χ2n) is 3.58. The molecule has 1 heterocycles. The molecule has 2 N–H and O–H groups in total. The predicted octanol–water partition coefficient (Wildman–Crippen LogP) is 2.40. The van der Waals surface area contributed by atoms with E-state index in [1.165, 1.54) is 16.2 Å². The summed E-state index contributed by atoms with van der Waals surface area (Å²) in [6.45, 7) is 3.06. The molecule has 2 rings (SSSR count). The topological polar surface area (TPSA) is 26.0 Å². The highest BCUT2D eigenvalue weighted by Gasteiger charge is 2.21. The Balaban J connectivity index is 2.41. The molecule has 1 nitrogen and oxygen atoms in total. The summed E-state index contributed by atoms with van der Waals surface area (Å²) < 4.78 is 0. The largest absolute Gasteiger partial charge is 0.330 e. The average Bonchev–Trinajstić information content (AvgIpc) is 2.50. The maximum absolute atomic E-state index is 5.59. The first-order valence-electron chi connectivity index (χ1n) is 4.77. The summed E-state index contributed by atoms with van der Waals surface area (Å²) in [5.74, 6) is 1.94. The van der Waals surface area contributed by atoms with Crippen molar-refractivity contribution in [3.63, 3.8) is 0 Å². The molecule has 0 aromatic heterocycles. The van der Waals surface area contributed by atoms with Crippen LogP contribution >= 0.6 is 11.8 Å². The number of nitrogens with two attached hydrogens (primary N) is 1. The summed E-state index contributed by atoms with van der Waals surface area (Å²) in [4.78, 5) is 1.47. The van der Waals surface area contributed by atoms with E-state index in [0.29, 0.717) is 5.92 Å². The zero-order valence-electron chi connectivity index (χ0n) is 7.92. The van der Waals surface area contributed by atoms with Crippen molar-refractivity contribution in [1.82, 2.24) is 0 Å². The van der Waals surface area contributed by atoms with Crippen molar-refractivity contribution in [3.05, 3.63) is 29.3 Å². The molecule has 1 aliphatic heterocycles. The molecular formula is C11H15NS. The van der Waals surface area contributed by atoms with Crippen molar-refractivity contribution in [2.45, 2.75) is 24.2 Å². The zero-order valence-corrected chi connectivity index (χ0v) is 8.73. The molecule has 0 aliphatic carbocycles. The molecule has 70 valence electrons. The smallest absolute Gasteiger partial charge is 0.0110 e. The van der Waals surface area contributed by atoms with Crippen LogP contribution in [0.1, 0.15) is 24.0 Å². The molecule has 1 aromatic carbocycles. The van der Waals surface area contributed by atoms with Crippen LogP contribution in [-0.4, -0.2) is 12.3 Å². The van der Waals surface area contributed by atoms with E-state index in [0.717, 1.165) is 13.0 Å². The second-order valence-corrected chi connectivity index (χ2v) is 4.64. The minimum Gasteiger partial charge on any atom is -0.330 e. The third-order valence-electron chi connectivity index (χ3n) is 2.55. The third kappa shape index (κ3) is 1.61. The van der Waals surface area contributed by atoms with Gasteiger partial charge in [0, 0.05) is 10.6 Å². The van der Waals surface area contributed by atoms with E-state index in [4.69, 9.17) is 5.73 Å². The number of hydrogen-bond donors (Lipinski definition) is 1. The van der Waals surface area contributed by atoms with E-state index in [1.54, 1.807) is 5.56 Å². The van der Waals surface area contributed by atoms with Gasteiger partial charge < -0.3 is 5.73 Å². The molecular weight excluding hydrogens is 178 g/mol. The van der Waals surface area contributed by atoms with E-state index >= 15 is 0 Å². The lowest BCUT2D eigenvalue weighted by molar-refractivity contribution is 0.840. The lowest BCUT2D eigenvalue weighted by Crippen LogP contribution is -2.06. The van der Waals surface area contributed by atoms with Gasteiger partial charge in [-0.2, -0.15) is 0 Å². The fourth-order valence-electron chi connectivity index (χ4n) is 1.95. The number of hydrogen-bond acceptors (Lipinski definition) is 2. The van der Waals surface area contributed by atoms with E-state index in [9.17, 15) is 0 Å². The molecule has 1 aliphatic rings. The normalized spacial score (nSPS) is 20.3. The Hall–Kier alpha value is -0.470. The van der Waals surface area contributed by atoms with Gasteiger partial charge in [-0.15, -0.1) is 11.8 Å². The minimum absolute atomic E-state index is 0.711. The number of benzene rings is 1. The van der Waals surface area contributed by atoms with Crippen LogP contribution in [0.5, 0.6) is 0 Å². The first kappa shape index (κ1) is 9.10. The van der Waals surface area contributed by atoms with Gasteiger partial charge in [-0.3, -0.25) is 0 Å². The summed E-state index contributed by atoms with van der Waals surface area (Å²) in [6, 6.07) is 6.59. The van der Waals surface area contributed by atoms with Gasteiger partial charge in [0.15, 0.2) is 0 Å². The summed E-state index contributed by atoms with van der Waals surface area (Å²) in [5.41, 5.74) is 8.60. The van der Waals surface area contributed by atoms with E-state index in [1.807, 2.05) is 11.8 Å². The van der Waals surface area contributed by atoms with Gasteiger partial charge in [0.05, 0.1) is 0 Å². The van der Waals surface area contributed by atoms with Gasteiger partial charge in [-0.1, -0.05) is 19.1 Å². The lowest BCUT2D eigenvalue weighted by Gasteiger charge is -2.09. The molecule has 1 atom stereocenters. The predicted molar refractivity (Wildman–Crippen MR) is 58.3 cm³/mol. The molecule has 0 spiro atoms. The Labute approximate surface area is 83.7 Å². The van der Waals surface area contributed by atoms with Crippen molar-refractivity contribution >= 4 is 11.8 Å². The van der Waals surface area contributed by atoms with Crippen LogP contribution in [0.4, 0.5) is 0 Å². The van der Waals surface area contributed by atoms with E-state index in [2.05, 4.69) is 25.1 Å². The quantitative estimate of drug-likeness (QED) is 0.780. The molecule has 2 heteroatoms. The van der Waals surface area contributed by atoms with E-state index < -0.39 is 0 Å². The minimum atomic E-state index is 0.711. The maximum Gasteiger partial charge on any atom is 0.0110 e. The first-order chi connectivity index (χ1) is 6.33. The monoisotopic (exact) mass is 193 g/mol. The molecule has 0 bridgehead atoms. The first-order valence-corrected chi connectivity index (χ1v) is 5.76. The summed E-state index contributed by atoms with van der Waals surface area (Å²) in [5, 5.41) is 0. The molecule has 13 heavy (non-hydrogen) atoms. The van der Waals surface area contributed by atoms with Crippen LogP contribution in [0.25, 0.3) is 0 Å². The zero-order chi connectivity index (χ0) is 9.26. The van der Waals surface area contributed by atoms with Gasteiger partial charge in [0.25, 0.3) is 0 Å². The van der Waals surface area contributed by atoms with Crippen LogP contribution in [0.3, 0.4) is 0 Å². The van der Waals surface area contributed by atoms with Crippen molar-refractivity contribution in [2.24, 2.45) is 5.73 Å². The molecule has 0 fully saturated rings. The average molecular weight is 193 g/mol. The van der Waals surface area contributed by atoms with Crippen molar-refractivity contribution in [3.8, 4) is 0 Å². The van der Waals surface area contributed by atoms with Crippen molar-refractivity contribution < 1.29 is 0 Å². The van der Waals surface area contributed by atoms with Crippen molar-refractivity contribution in [1.29, 1.82) is 0 Å². The molecule has 0 saturated carbocycles. The number of fused-ring (bicyclic) bond motifs is 1. The Morgan fingerprint density at radius 1 is 1.54 bits per heavy atom. The molecule has 0 saturated heterocycles. The van der Waals surface area contributed by atoms with Gasteiger partial charge >= 0.3 is 0 Å². The van der Waals surface area contributed by atoms with Gasteiger partial charge in [-0.05, 0) is 36.1 Å². The highest BCUT2D eigenvalue weighted by molar-refractivity contribution is 7.99. The van der Waals surface area contributed by atoms with Crippen LogP contribution < -0.4 is 5.73 Å². The fourth-order valence-corrected chi connectivity index (χ4v) is 3.21. The maximum atomic E-state index is 5.59. The van der Waals surface area contributed by atoms with Gasteiger partial charge in [0.2, 0.25) is 0 Å². The number of thioether (sulfide) groups is 1. The molecule has 0 radical (unpaired) electrons. The van der Waals surface area contributed by atoms with Gasteiger partial charge in [0.1, 0.15) is 0 Å². The SMILES string of the molecule is CC1CSc2cccc(CCN)c21. The van der Waals surface area contributed by atoms with Crippen LogP contribution in [0.2, 0.25) is 0 Å². The van der Waals surface area contributed by atoms with E-state index in [-0.39, 0.29) is 0 Å². The van der Waals surface area contributed by atoms with Gasteiger partial charge in [-0.25, -0.2) is 0 Å². The summed E-state index contributed by atoms with van der Waals surface area (Å²) in [6.07, 6.45) is 1.02. The van der Waals surface area contributed by atoms with Crippen molar-refractivity contribution in [2.75, 3.05) is 12.3 Å². The molecule has 1 aromatic rings. The summed E-state index contributed by atoms with van der Waals surface area (Å²) in [7, 11) is 0. The standard InChI is InChI=1S/C11H15NS/c1-8-7-13-10-4-2-3-9(5-6-12)11(8)10/h2-4,8H,5-7,12H2,1H3. The number of rotatable bonds is 2. The lowest BCUT2D eigenvalue weighted by atomic mass is 9.95. The third-order valence-corrected chi connectivity index (χ3v) is 3.89. The van der Waals surface area contributed by atoms with Crippen LogP contribution in [0, 0.1) is 0 Å². The molecule has 0 amide bonds. The van der Waals surface area contributed by atoms with Crippen LogP contribution in [0.15, 0.2) is 23.1 Å². The van der Waals surface area contributed by atoms with Crippen LogP contribution in [-0.2, 0) is 6.42 Å². The Morgan fingerprint density at radius 3 is 3.15 bits per heavy atom. The second kappa shape index (κ2) is 3.72. The fraction of sp³-hybridized carbons (Fsp3) is 0.455. The Kier molecular flexibility index (Phi) is 2.61. The Bertz CT molecular complexity index is 309. The molecule has 1 unspecified atom stereocenters. The highest BCUT2D eigenvalue weighted by Crippen LogP contribution is 2.41. The summed E-state index contributed by atoms with van der Waals surface area (Å²) >= 11 is 1.98. The Morgan fingerprint density at radius 2 is 2.38 bits per heavy atom. The highest BCUT2D eigenvalue weighted by atomic mass is 32.2.